The van der Waals surface area contributed by atoms with Crippen molar-refractivity contribution < 1.29 is 14.3 Å². The minimum atomic E-state index is -0.597. The Hall–Kier alpha value is -2.83. The standard InChI is InChI=1S/C25H34N4O3/c1-17(2)15-29-22-13-14-28(25(31)18(3)32-20-11-5-4-6-12-20)16-21(22)23(27-29)24(30)26-19-9-7-8-10-19/h4-6,11-12,17-19H,7-10,13-16H2,1-3H3,(H,26,30). The summed E-state index contributed by atoms with van der Waals surface area (Å²) >= 11 is 0. The summed E-state index contributed by atoms with van der Waals surface area (Å²) in [6.07, 6.45) is 4.47. The van der Waals surface area contributed by atoms with Crippen LogP contribution in [0.25, 0.3) is 0 Å². The molecule has 1 unspecified atom stereocenters. The molecule has 0 radical (unpaired) electrons. The fourth-order valence-electron chi connectivity index (χ4n) is 4.69. The number of hydrogen-bond acceptors (Lipinski definition) is 4. The lowest BCUT2D eigenvalue weighted by atomic mass is 10.0. The molecule has 0 saturated heterocycles. The second-order valence-electron chi connectivity index (χ2n) is 9.39. The second-order valence-corrected chi connectivity index (χ2v) is 9.39. The van der Waals surface area contributed by atoms with Crippen LogP contribution in [0.3, 0.4) is 0 Å². The molecule has 1 saturated carbocycles. The van der Waals surface area contributed by atoms with Crippen molar-refractivity contribution in [2.75, 3.05) is 6.54 Å². The number of rotatable bonds is 7. The largest absolute Gasteiger partial charge is 0.481 e. The molecule has 2 aliphatic rings. The predicted octanol–water partition coefficient (Wildman–Crippen LogP) is 3.56. The molecule has 7 heteroatoms. The molecule has 1 aromatic heterocycles. The van der Waals surface area contributed by atoms with E-state index in [0.29, 0.717) is 36.9 Å². The lowest BCUT2D eigenvalue weighted by Crippen LogP contribution is -2.44. The van der Waals surface area contributed by atoms with Crippen LogP contribution in [0.5, 0.6) is 5.75 Å². The van der Waals surface area contributed by atoms with Crippen LogP contribution < -0.4 is 10.1 Å². The molecular weight excluding hydrogens is 404 g/mol. The highest BCUT2D eigenvalue weighted by Crippen LogP contribution is 2.26. The summed E-state index contributed by atoms with van der Waals surface area (Å²) in [5.41, 5.74) is 2.44. The summed E-state index contributed by atoms with van der Waals surface area (Å²) in [4.78, 5) is 28.0. The number of carbonyl (C=O) groups excluding carboxylic acids is 2. The number of aromatic nitrogens is 2. The molecule has 2 aromatic rings. The maximum absolute atomic E-state index is 13.1. The summed E-state index contributed by atoms with van der Waals surface area (Å²) in [6.45, 7) is 7.83. The maximum atomic E-state index is 13.1. The number of hydrogen-bond donors (Lipinski definition) is 1. The van der Waals surface area contributed by atoms with Crippen LogP contribution in [-0.4, -0.2) is 45.2 Å². The summed E-state index contributed by atoms with van der Waals surface area (Å²) in [6, 6.07) is 9.61. The number of ether oxygens (including phenoxy) is 1. The summed E-state index contributed by atoms with van der Waals surface area (Å²) < 4.78 is 7.83. The van der Waals surface area contributed by atoms with Crippen LogP contribution in [0.2, 0.25) is 0 Å². The van der Waals surface area contributed by atoms with Crippen molar-refractivity contribution in [1.82, 2.24) is 20.0 Å². The van der Waals surface area contributed by atoms with Crippen molar-refractivity contribution in [3.63, 3.8) is 0 Å². The normalized spacial score (nSPS) is 17.3. The van der Waals surface area contributed by atoms with E-state index in [0.717, 1.165) is 43.5 Å². The van der Waals surface area contributed by atoms with E-state index in [4.69, 9.17) is 9.84 Å². The average molecular weight is 439 g/mol. The van der Waals surface area contributed by atoms with Crippen molar-refractivity contribution in [3.05, 3.63) is 47.3 Å². The van der Waals surface area contributed by atoms with Gasteiger partial charge in [0.2, 0.25) is 0 Å². The molecule has 2 heterocycles. The van der Waals surface area contributed by atoms with E-state index in [1.165, 1.54) is 0 Å². The van der Waals surface area contributed by atoms with E-state index >= 15 is 0 Å². The van der Waals surface area contributed by atoms with Gasteiger partial charge in [-0.25, -0.2) is 0 Å². The molecule has 0 spiro atoms. The van der Waals surface area contributed by atoms with E-state index in [-0.39, 0.29) is 17.9 Å². The zero-order valence-electron chi connectivity index (χ0n) is 19.3. The molecule has 1 aliphatic carbocycles. The average Bonchev–Trinajstić information content (AvgIpc) is 3.41. The van der Waals surface area contributed by atoms with E-state index in [1.54, 1.807) is 11.8 Å². The van der Waals surface area contributed by atoms with Gasteiger partial charge in [0, 0.05) is 43.4 Å². The highest BCUT2D eigenvalue weighted by molar-refractivity contribution is 5.94. The molecule has 32 heavy (non-hydrogen) atoms. The minimum Gasteiger partial charge on any atom is -0.481 e. The van der Waals surface area contributed by atoms with Gasteiger partial charge in [-0.3, -0.25) is 14.3 Å². The minimum absolute atomic E-state index is 0.0711. The third-order valence-corrected chi connectivity index (χ3v) is 6.29. The van der Waals surface area contributed by atoms with Crippen LogP contribution in [0.15, 0.2) is 30.3 Å². The monoisotopic (exact) mass is 438 g/mol. The zero-order chi connectivity index (χ0) is 22.7. The summed E-state index contributed by atoms with van der Waals surface area (Å²) in [7, 11) is 0. The van der Waals surface area contributed by atoms with Gasteiger partial charge in [0.25, 0.3) is 11.8 Å². The fraction of sp³-hybridized carbons (Fsp3) is 0.560. The molecule has 1 fully saturated rings. The number of fused-ring (bicyclic) bond motifs is 1. The number of nitrogens with zero attached hydrogens (tertiary/aromatic N) is 3. The molecule has 0 bridgehead atoms. The van der Waals surface area contributed by atoms with Crippen molar-refractivity contribution in [1.29, 1.82) is 0 Å². The van der Waals surface area contributed by atoms with Gasteiger partial charge in [-0.05, 0) is 37.8 Å². The Balaban J connectivity index is 1.52. The highest BCUT2D eigenvalue weighted by Gasteiger charge is 2.33. The number of benzene rings is 1. The van der Waals surface area contributed by atoms with E-state index in [2.05, 4.69) is 19.2 Å². The van der Waals surface area contributed by atoms with Gasteiger partial charge in [-0.2, -0.15) is 5.10 Å². The molecule has 1 N–H and O–H groups in total. The zero-order valence-corrected chi connectivity index (χ0v) is 19.3. The molecule has 1 atom stereocenters. The molecule has 7 nitrogen and oxygen atoms in total. The lowest BCUT2D eigenvalue weighted by molar-refractivity contribution is -0.138. The lowest BCUT2D eigenvalue weighted by Gasteiger charge is -2.30. The Morgan fingerprint density at radius 1 is 1.16 bits per heavy atom. The molecular formula is C25H34N4O3. The van der Waals surface area contributed by atoms with Gasteiger partial charge in [-0.15, -0.1) is 0 Å². The first kappa shape index (κ1) is 22.4. The molecule has 1 aromatic carbocycles. The molecule has 172 valence electrons. The van der Waals surface area contributed by atoms with Crippen LogP contribution in [0, 0.1) is 5.92 Å². The fourth-order valence-corrected chi connectivity index (χ4v) is 4.69. The highest BCUT2D eigenvalue weighted by atomic mass is 16.5. The SMILES string of the molecule is CC(C)Cn1nc(C(=O)NC2CCCC2)c2c1CCN(C(=O)C(C)Oc1ccccc1)C2. The summed E-state index contributed by atoms with van der Waals surface area (Å²) in [5.74, 6) is 0.910. The van der Waals surface area contributed by atoms with Gasteiger partial charge in [0.15, 0.2) is 11.8 Å². The number of para-hydroxylation sites is 1. The predicted molar refractivity (Wildman–Crippen MR) is 122 cm³/mol. The quantitative estimate of drug-likeness (QED) is 0.717. The number of nitrogens with one attached hydrogen (secondary N) is 1. The van der Waals surface area contributed by atoms with Crippen molar-refractivity contribution >= 4 is 11.8 Å². The first-order valence-electron chi connectivity index (χ1n) is 11.8. The molecule has 4 rings (SSSR count). The number of amides is 2. The van der Waals surface area contributed by atoms with Crippen molar-refractivity contribution in [2.24, 2.45) is 5.92 Å². The summed E-state index contributed by atoms with van der Waals surface area (Å²) in [5, 5.41) is 7.88. The van der Waals surface area contributed by atoms with E-state index in [1.807, 2.05) is 35.0 Å². The maximum Gasteiger partial charge on any atom is 0.272 e. The van der Waals surface area contributed by atoms with Crippen LogP contribution >= 0.6 is 0 Å². The van der Waals surface area contributed by atoms with Crippen LogP contribution in [0.4, 0.5) is 0 Å². The first-order chi connectivity index (χ1) is 15.4. The molecule has 2 amide bonds. The Kier molecular flexibility index (Phi) is 6.82. The van der Waals surface area contributed by atoms with Gasteiger partial charge in [0.1, 0.15) is 5.75 Å². The second kappa shape index (κ2) is 9.76. The van der Waals surface area contributed by atoms with Gasteiger partial charge >= 0.3 is 0 Å². The Morgan fingerprint density at radius 3 is 2.56 bits per heavy atom. The topological polar surface area (TPSA) is 76.5 Å². The Bertz CT molecular complexity index is 948. The Morgan fingerprint density at radius 2 is 1.88 bits per heavy atom. The van der Waals surface area contributed by atoms with Crippen molar-refractivity contribution in [3.8, 4) is 5.75 Å². The molecule has 1 aliphatic heterocycles. The van der Waals surface area contributed by atoms with Crippen LogP contribution in [0.1, 0.15) is 68.2 Å². The van der Waals surface area contributed by atoms with Crippen molar-refractivity contribution in [2.45, 2.75) is 78.1 Å². The third kappa shape index (κ3) is 4.97. The Labute approximate surface area is 190 Å². The third-order valence-electron chi connectivity index (χ3n) is 6.29. The first-order valence-corrected chi connectivity index (χ1v) is 11.8. The van der Waals surface area contributed by atoms with E-state index < -0.39 is 6.10 Å². The van der Waals surface area contributed by atoms with Gasteiger partial charge < -0.3 is 15.0 Å². The van der Waals surface area contributed by atoms with Gasteiger partial charge in [-0.1, -0.05) is 44.9 Å². The smallest absolute Gasteiger partial charge is 0.272 e. The van der Waals surface area contributed by atoms with Crippen LogP contribution in [-0.2, 0) is 24.3 Å². The van der Waals surface area contributed by atoms with E-state index in [9.17, 15) is 9.59 Å². The van der Waals surface area contributed by atoms with Gasteiger partial charge in [0.05, 0.1) is 0 Å². The number of carbonyl (C=O) groups is 2.